The average molecular weight is 601 g/mol. The third kappa shape index (κ3) is 7.68. The van der Waals surface area contributed by atoms with E-state index >= 15 is 0 Å². The van der Waals surface area contributed by atoms with E-state index < -0.39 is 28.5 Å². The molecular weight excluding hydrogens is 566 g/mol. The third-order valence-electron chi connectivity index (χ3n) is 6.03. The first kappa shape index (κ1) is 29.4. The molecule has 9 heteroatoms. The SMILES string of the molecule is Cc1ccc(S(=O)(=O)N(CC(=O)N(Cc2ccccc2)[C@H](C)C(=O)NCC(C)C)c2cccc(Br)c2)cc1. The van der Waals surface area contributed by atoms with Gasteiger partial charge in [-0.3, -0.25) is 13.9 Å². The minimum atomic E-state index is -4.09. The van der Waals surface area contributed by atoms with Gasteiger partial charge in [0.05, 0.1) is 10.6 Å². The quantitative estimate of drug-likeness (QED) is 0.330. The highest BCUT2D eigenvalue weighted by atomic mass is 79.9. The molecule has 0 aliphatic heterocycles. The lowest BCUT2D eigenvalue weighted by atomic mass is 10.1. The fourth-order valence-electron chi connectivity index (χ4n) is 3.81. The molecule has 0 unspecified atom stereocenters. The van der Waals surface area contributed by atoms with Crippen LogP contribution in [-0.4, -0.2) is 44.3 Å². The first-order valence-electron chi connectivity index (χ1n) is 12.4. The second-order valence-corrected chi connectivity index (χ2v) is 12.4. The van der Waals surface area contributed by atoms with E-state index in [1.807, 2.05) is 51.1 Å². The molecule has 0 aromatic heterocycles. The highest BCUT2D eigenvalue weighted by molar-refractivity contribution is 9.10. The van der Waals surface area contributed by atoms with Crippen LogP contribution in [0.15, 0.2) is 88.2 Å². The molecule has 3 aromatic carbocycles. The number of carbonyl (C=O) groups excluding carboxylic acids is 2. The van der Waals surface area contributed by atoms with Gasteiger partial charge in [0.1, 0.15) is 12.6 Å². The number of aryl methyl sites for hydroxylation is 1. The minimum absolute atomic E-state index is 0.0770. The molecule has 3 aromatic rings. The van der Waals surface area contributed by atoms with Gasteiger partial charge in [0, 0.05) is 17.6 Å². The lowest BCUT2D eigenvalue weighted by molar-refractivity contribution is -0.139. The van der Waals surface area contributed by atoms with Gasteiger partial charge in [-0.2, -0.15) is 0 Å². The van der Waals surface area contributed by atoms with Crippen LogP contribution in [0.5, 0.6) is 0 Å². The summed E-state index contributed by atoms with van der Waals surface area (Å²) < 4.78 is 29.4. The van der Waals surface area contributed by atoms with Crippen LogP contribution >= 0.6 is 15.9 Å². The minimum Gasteiger partial charge on any atom is -0.354 e. The number of nitrogens with zero attached hydrogens (tertiary/aromatic N) is 2. The maximum Gasteiger partial charge on any atom is 0.264 e. The summed E-state index contributed by atoms with van der Waals surface area (Å²) in [6, 6.07) is 21.8. The lowest BCUT2D eigenvalue weighted by Crippen LogP contribution is -2.51. The highest BCUT2D eigenvalue weighted by Crippen LogP contribution is 2.27. The Kier molecular flexibility index (Phi) is 10.1. The molecule has 38 heavy (non-hydrogen) atoms. The molecule has 1 N–H and O–H groups in total. The molecule has 2 amide bonds. The van der Waals surface area contributed by atoms with Crippen molar-refractivity contribution in [3.8, 4) is 0 Å². The van der Waals surface area contributed by atoms with Crippen molar-refractivity contribution in [3.63, 3.8) is 0 Å². The summed E-state index contributed by atoms with van der Waals surface area (Å²) in [6.45, 7) is 7.68. The number of carbonyl (C=O) groups is 2. The van der Waals surface area contributed by atoms with Gasteiger partial charge in [0.25, 0.3) is 10.0 Å². The third-order valence-corrected chi connectivity index (χ3v) is 8.31. The van der Waals surface area contributed by atoms with Crippen molar-refractivity contribution in [1.82, 2.24) is 10.2 Å². The van der Waals surface area contributed by atoms with Crippen LogP contribution in [0.2, 0.25) is 0 Å². The van der Waals surface area contributed by atoms with E-state index in [2.05, 4.69) is 21.2 Å². The second kappa shape index (κ2) is 13.1. The number of benzene rings is 3. The molecule has 0 saturated carbocycles. The van der Waals surface area contributed by atoms with E-state index in [1.54, 1.807) is 43.3 Å². The van der Waals surface area contributed by atoms with Gasteiger partial charge in [-0.1, -0.05) is 83.9 Å². The van der Waals surface area contributed by atoms with Gasteiger partial charge in [-0.15, -0.1) is 0 Å². The summed E-state index contributed by atoms with van der Waals surface area (Å²) in [4.78, 5) is 28.4. The number of rotatable bonds is 11. The molecule has 0 saturated heterocycles. The van der Waals surface area contributed by atoms with Crippen LogP contribution < -0.4 is 9.62 Å². The summed E-state index contributed by atoms with van der Waals surface area (Å²) in [7, 11) is -4.09. The molecule has 1 atom stereocenters. The van der Waals surface area contributed by atoms with E-state index in [0.29, 0.717) is 16.7 Å². The number of nitrogens with one attached hydrogen (secondary N) is 1. The summed E-state index contributed by atoms with van der Waals surface area (Å²) in [5.41, 5.74) is 2.09. The number of sulfonamides is 1. The summed E-state index contributed by atoms with van der Waals surface area (Å²) in [5.74, 6) is -0.536. The van der Waals surface area contributed by atoms with Crippen molar-refractivity contribution in [2.45, 2.75) is 45.2 Å². The molecule has 202 valence electrons. The Labute approximate surface area is 234 Å². The Bertz CT molecular complexity index is 1350. The molecule has 0 fully saturated rings. The Hall–Kier alpha value is -3.17. The number of anilines is 1. The highest BCUT2D eigenvalue weighted by Gasteiger charge is 2.32. The predicted molar refractivity (Wildman–Crippen MR) is 154 cm³/mol. The topological polar surface area (TPSA) is 86.8 Å². The van der Waals surface area contributed by atoms with Gasteiger partial charge < -0.3 is 10.2 Å². The van der Waals surface area contributed by atoms with Crippen LogP contribution in [0.25, 0.3) is 0 Å². The molecule has 0 bridgehead atoms. The Morgan fingerprint density at radius 2 is 1.58 bits per heavy atom. The van der Waals surface area contributed by atoms with E-state index in [4.69, 9.17) is 0 Å². The first-order valence-corrected chi connectivity index (χ1v) is 14.7. The summed E-state index contributed by atoms with van der Waals surface area (Å²) in [6.07, 6.45) is 0. The number of hydrogen-bond acceptors (Lipinski definition) is 4. The van der Waals surface area contributed by atoms with Crippen LogP contribution in [-0.2, 0) is 26.2 Å². The molecule has 0 aliphatic rings. The van der Waals surface area contributed by atoms with Gasteiger partial charge in [0.2, 0.25) is 11.8 Å². The average Bonchev–Trinajstić information content (AvgIpc) is 2.89. The standard InChI is InChI=1S/C29H34BrN3O4S/c1-21(2)18-31-29(35)23(4)32(19-24-9-6-5-7-10-24)28(34)20-33(26-12-8-11-25(30)17-26)38(36,37)27-15-13-22(3)14-16-27/h5-17,21,23H,18-20H2,1-4H3,(H,31,35)/t23-/m1/s1. The van der Waals surface area contributed by atoms with Crippen molar-refractivity contribution in [1.29, 1.82) is 0 Å². The smallest absolute Gasteiger partial charge is 0.264 e. The largest absolute Gasteiger partial charge is 0.354 e. The van der Waals surface area contributed by atoms with Gasteiger partial charge in [-0.25, -0.2) is 8.42 Å². The molecule has 0 spiro atoms. The number of hydrogen-bond donors (Lipinski definition) is 1. The fraction of sp³-hybridized carbons (Fsp3) is 0.310. The number of halogens is 1. The summed E-state index contributed by atoms with van der Waals surface area (Å²) >= 11 is 3.40. The van der Waals surface area contributed by atoms with Crippen LogP contribution in [0, 0.1) is 12.8 Å². The van der Waals surface area contributed by atoms with E-state index in [-0.39, 0.29) is 23.3 Å². The molecule has 7 nitrogen and oxygen atoms in total. The van der Waals surface area contributed by atoms with Crippen LogP contribution in [0.3, 0.4) is 0 Å². The normalized spacial score (nSPS) is 12.2. The predicted octanol–water partition coefficient (Wildman–Crippen LogP) is 5.14. The van der Waals surface area contributed by atoms with Gasteiger partial charge in [-0.05, 0) is 55.7 Å². The van der Waals surface area contributed by atoms with Gasteiger partial charge in [0.15, 0.2) is 0 Å². The maximum atomic E-state index is 13.9. The van der Waals surface area contributed by atoms with E-state index in [9.17, 15) is 18.0 Å². The zero-order valence-electron chi connectivity index (χ0n) is 22.1. The second-order valence-electron chi connectivity index (χ2n) is 9.63. The lowest BCUT2D eigenvalue weighted by Gasteiger charge is -2.32. The van der Waals surface area contributed by atoms with Crippen molar-refractivity contribution in [2.75, 3.05) is 17.4 Å². The van der Waals surface area contributed by atoms with E-state index in [1.165, 1.54) is 17.0 Å². The molecule has 0 radical (unpaired) electrons. The summed E-state index contributed by atoms with van der Waals surface area (Å²) in [5, 5.41) is 2.89. The van der Waals surface area contributed by atoms with Crippen molar-refractivity contribution in [3.05, 3.63) is 94.5 Å². The molecule has 3 rings (SSSR count). The van der Waals surface area contributed by atoms with Crippen molar-refractivity contribution >= 4 is 43.5 Å². The van der Waals surface area contributed by atoms with Crippen LogP contribution in [0.1, 0.15) is 31.9 Å². The van der Waals surface area contributed by atoms with Crippen LogP contribution in [0.4, 0.5) is 5.69 Å². The van der Waals surface area contributed by atoms with E-state index in [0.717, 1.165) is 15.4 Å². The zero-order chi connectivity index (χ0) is 27.9. The monoisotopic (exact) mass is 599 g/mol. The molecule has 0 aliphatic carbocycles. The van der Waals surface area contributed by atoms with Gasteiger partial charge >= 0.3 is 0 Å². The Balaban J connectivity index is 2.00. The maximum absolute atomic E-state index is 13.9. The van der Waals surface area contributed by atoms with Crippen molar-refractivity contribution < 1.29 is 18.0 Å². The molecular formula is C29H34BrN3O4S. The zero-order valence-corrected chi connectivity index (χ0v) is 24.5. The Morgan fingerprint density at radius 1 is 0.921 bits per heavy atom. The fourth-order valence-corrected chi connectivity index (χ4v) is 5.61. The number of amides is 2. The Morgan fingerprint density at radius 3 is 2.18 bits per heavy atom. The van der Waals surface area contributed by atoms with Crippen molar-refractivity contribution in [2.24, 2.45) is 5.92 Å². The molecule has 0 heterocycles. The first-order chi connectivity index (χ1) is 18.0.